The van der Waals surface area contributed by atoms with Gasteiger partial charge in [0, 0.05) is 18.7 Å². The molecule has 2 amide bonds. The standard InChI is InChI=1S/C23H28ClN3O3S/c1-23(2,3)9-5-11-27-21(28)18-14-6-4-10-26(14)20(19(18)22(27)29)13-12-15(30-25-13)16-7-8-17(24)31-16/h7-8,12,14,18-20H,4-6,9-11H2,1-3H3/t14-,18-,19-,20-/m0/s1. The summed E-state index contributed by atoms with van der Waals surface area (Å²) in [6, 6.07) is 5.59. The summed E-state index contributed by atoms with van der Waals surface area (Å²) in [5, 5.41) is 4.35. The minimum atomic E-state index is -0.364. The number of amides is 2. The predicted octanol–water partition coefficient (Wildman–Crippen LogP) is 5.00. The van der Waals surface area contributed by atoms with E-state index in [4.69, 9.17) is 16.1 Å². The average molecular weight is 462 g/mol. The van der Waals surface area contributed by atoms with Crippen molar-refractivity contribution < 1.29 is 14.1 Å². The zero-order chi connectivity index (χ0) is 21.9. The summed E-state index contributed by atoms with van der Waals surface area (Å²) in [7, 11) is 0. The molecule has 2 aromatic heterocycles. The Kier molecular flexibility index (Phi) is 5.26. The molecule has 3 aliphatic rings. The van der Waals surface area contributed by atoms with Gasteiger partial charge in [-0.05, 0) is 49.8 Å². The Balaban J connectivity index is 1.42. The maximum absolute atomic E-state index is 13.5. The summed E-state index contributed by atoms with van der Waals surface area (Å²) < 4.78 is 6.32. The fraction of sp³-hybridized carbons (Fsp3) is 0.609. The molecule has 6 nitrogen and oxygen atoms in total. The number of carbonyl (C=O) groups excluding carboxylic acids is 2. The zero-order valence-electron chi connectivity index (χ0n) is 18.1. The molecule has 166 valence electrons. The van der Waals surface area contributed by atoms with Gasteiger partial charge < -0.3 is 4.52 Å². The molecule has 0 aromatic carbocycles. The Hall–Kier alpha value is -1.70. The van der Waals surface area contributed by atoms with Gasteiger partial charge in [-0.1, -0.05) is 37.5 Å². The molecule has 2 aromatic rings. The summed E-state index contributed by atoms with van der Waals surface area (Å²) in [4.78, 5) is 31.5. The van der Waals surface area contributed by atoms with Gasteiger partial charge in [-0.2, -0.15) is 0 Å². The van der Waals surface area contributed by atoms with E-state index >= 15 is 0 Å². The highest BCUT2D eigenvalue weighted by Gasteiger charge is 2.63. The largest absolute Gasteiger partial charge is 0.355 e. The summed E-state index contributed by atoms with van der Waals surface area (Å²) >= 11 is 7.51. The van der Waals surface area contributed by atoms with Crippen LogP contribution in [0.25, 0.3) is 10.6 Å². The second-order valence-corrected chi connectivity index (χ2v) is 11.9. The number of halogens is 1. The molecule has 0 radical (unpaired) electrons. The third-order valence-corrected chi connectivity index (χ3v) is 8.15. The molecule has 0 saturated carbocycles. The first kappa shape index (κ1) is 21.2. The fourth-order valence-corrected chi connectivity index (χ4v) is 6.59. The number of thiophene rings is 1. The highest BCUT2D eigenvalue weighted by atomic mass is 35.5. The summed E-state index contributed by atoms with van der Waals surface area (Å²) in [5.41, 5.74) is 0.936. The minimum absolute atomic E-state index is 0.0112. The number of fused-ring (bicyclic) bond motifs is 3. The molecule has 3 aliphatic heterocycles. The van der Waals surface area contributed by atoms with Crippen LogP contribution in [0.15, 0.2) is 22.7 Å². The van der Waals surface area contributed by atoms with Gasteiger partial charge in [0.05, 0.1) is 27.1 Å². The molecule has 5 rings (SSSR count). The molecule has 0 N–H and O–H groups in total. The topological polar surface area (TPSA) is 66.7 Å². The number of likely N-dealkylation sites (tertiary alicyclic amines) is 1. The van der Waals surface area contributed by atoms with E-state index in [0.717, 1.165) is 42.8 Å². The van der Waals surface area contributed by atoms with Crippen molar-refractivity contribution in [3.8, 4) is 10.6 Å². The van der Waals surface area contributed by atoms with Crippen molar-refractivity contribution in [2.45, 2.75) is 58.5 Å². The van der Waals surface area contributed by atoms with Crippen molar-refractivity contribution in [2.24, 2.45) is 17.3 Å². The number of hydrogen-bond acceptors (Lipinski definition) is 6. The van der Waals surface area contributed by atoms with Crippen LogP contribution in [-0.4, -0.2) is 45.9 Å². The number of aromatic nitrogens is 1. The van der Waals surface area contributed by atoms with Crippen LogP contribution < -0.4 is 0 Å². The Morgan fingerprint density at radius 3 is 2.71 bits per heavy atom. The number of hydrogen-bond donors (Lipinski definition) is 0. The lowest BCUT2D eigenvalue weighted by Gasteiger charge is -2.27. The normalized spacial score (nSPS) is 28.6. The van der Waals surface area contributed by atoms with E-state index in [2.05, 4.69) is 30.8 Å². The van der Waals surface area contributed by atoms with Gasteiger partial charge in [0.2, 0.25) is 11.8 Å². The van der Waals surface area contributed by atoms with E-state index in [1.54, 1.807) is 0 Å². The van der Waals surface area contributed by atoms with Crippen molar-refractivity contribution >= 4 is 34.8 Å². The van der Waals surface area contributed by atoms with Crippen molar-refractivity contribution in [1.29, 1.82) is 0 Å². The highest BCUT2D eigenvalue weighted by molar-refractivity contribution is 7.19. The Bertz CT molecular complexity index is 1010. The number of nitrogens with zero attached hydrogens (tertiary/aromatic N) is 3. The van der Waals surface area contributed by atoms with E-state index in [9.17, 15) is 9.59 Å². The van der Waals surface area contributed by atoms with Crippen LogP contribution in [0.2, 0.25) is 4.34 Å². The Morgan fingerprint density at radius 1 is 1.23 bits per heavy atom. The van der Waals surface area contributed by atoms with Crippen molar-refractivity contribution in [3.05, 3.63) is 28.2 Å². The first-order valence-electron chi connectivity index (χ1n) is 11.1. The molecule has 3 saturated heterocycles. The third-order valence-electron chi connectivity index (χ3n) is 6.90. The van der Waals surface area contributed by atoms with Crippen LogP contribution in [-0.2, 0) is 9.59 Å². The molecule has 4 atom stereocenters. The van der Waals surface area contributed by atoms with Gasteiger partial charge in [0.15, 0.2) is 5.76 Å². The molecule has 0 aliphatic carbocycles. The lowest BCUT2D eigenvalue weighted by molar-refractivity contribution is -0.141. The number of imide groups is 1. The van der Waals surface area contributed by atoms with E-state index in [1.165, 1.54) is 16.2 Å². The SMILES string of the molecule is CC(C)(C)CCCN1C(=O)[C@@H]2[C@H](C1=O)[C@H](c1cc(-c3ccc(Cl)s3)on1)N1CCC[C@@H]21. The van der Waals surface area contributed by atoms with E-state index in [0.29, 0.717) is 16.6 Å². The molecule has 31 heavy (non-hydrogen) atoms. The van der Waals surface area contributed by atoms with Crippen LogP contribution in [0, 0.1) is 17.3 Å². The van der Waals surface area contributed by atoms with Crippen molar-refractivity contribution in [2.75, 3.05) is 13.1 Å². The molecular weight excluding hydrogens is 434 g/mol. The number of carbonyl (C=O) groups is 2. The van der Waals surface area contributed by atoms with Gasteiger partial charge in [0.1, 0.15) is 5.69 Å². The fourth-order valence-electron chi connectivity index (χ4n) is 5.60. The first-order chi connectivity index (χ1) is 14.7. The molecule has 3 fully saturated rings. The maximum atomic E-state index is 13.5. The monoisotopic (exact) mass is 461 g/mol. The van der Waals surface area contributed by atoms with Gasteiger partial charge >= 0.3 is 0 Å². The molecule has 0 spiro atoms. The highest BCUT2D eigenvalue weighted by Crippen LogP contribution is 2.53. The third kappa shape index (κ3) is 3.64. The van der Waals surface area contributed by atoms with Crippen LogP contribution in [0.5, 0.6) is 0 Å². The minimum Gasteiger partial charge on any atom is -0.355 e. The lowest BCUT2D eigenvalue weighted by Crippen LogP contribution is -2.39. The summed E-state index contributed by atoms with van der Waals surface area (Å²) in [6.07, 6.45) is 3.82. The molecular formula is C23H28ClN3O3S. The van der Waals surface area contributed by atoms with E-state index in [-0.39, 0.29) is 41.1 Å². The van der Waals surface area contributed by atoms with E-state index < -0.39 is 0 Å². The molecule has 0 bridgehead atoms. The summed E-state index contributed by atoms with van der Waals surface area (Å²) in [6.45, 7) is 7.96. The van der Waals surface area contributed by atoms with E-state index in [1.807, 2.05) is 18.2 Å². The van der Waals surface area contributed by atoms with Crippen LogP contribution >= 0.6 is 22.9 Å². The Morgan fingerprint density at radius 2 is 2.00 bits per heavy atom. The van der Waals surface area contributed by atoms with Crippen LogP contribution in [0.3, 0.4) is 0 Å². The molecule has 5 heterocycles. The number of rotatable bonds is 5. The van der Waals surface area contributed by atoms with Crippen LogP contribution in [0.1, 0.15) is 58.2 Å². The van der Waals surface area contributed by atoms with Gasteiger partial charge in [-0.15, -0.1) is 11.3 Å². The lowest BCUT2D eigenvalue weighted by atomic mass is 9.86. The molecule has 8 heteroatoms. The smallest absolute Gasteiger partial charge is 0.235 e. The molecule has 0 unspecified atom stereocenters. The second-order valence-electron chi connectivity index (χ2n) is 10.2. The predicted molar refractivity (Wildman–Crippen MR) is 120 cm³/mol. The van der Waals surface area contributed by atoms with Gasteiger partial charge in [0.25, 0.3) is 0 Å². The second kappa shape index (κ2) is 7.71. The van der Waals surface area contributed by atoms with Crippen LogP contribution in [0.4, 0.5) is 0 Å². The summed E-state index contributed by atoms with van der Waals surface area (Å²) in [5.74, 6) is 0.0114. The van der Waals surface area contributed by atoms with Gasteiger partial charge in [-0.3, -0.25) is 19.4 Å². The quantitative estimate of drug-likeness (QED) is 0.586. The van der Waals surface area contributed by atoms with Crippen molar-refractivity contribution in [1.82, 2.24) is 15.0 Å². The maximum Gasteiger partial charge on any atom is 0.235 e. The average Bonchev–Trinajstić information content (AvgIpc) is 3.47. The van der Waals surface area contributed by atoms with Gasteiger partial charge in [-0.25, -0.2) is 0 Å². The van der Waals surface area contributed by atoms with Crippen molar-refractivity contribution in [3.63, 3.8) is 0 Å². The zero-order valence-corrected chi connectivity index (χ0v) is 19.7. The first-order valence-corrected chi connectivity index (χ1v) is 12.3. The Labute approximate surface area is 191 Å².